The highest BCUT2D eigenvalue weighted by atomic mass is 35.5. The normalized spacial score (nSPS) is 23.2. The molecule has 3 aromatic rings. The fraction of sp³-hybridized carbons (Fsp3) is 0.522. The summed E-state index contributed by atoms with van der Waals surface area (Å²) in [5.41, 5.74) is 0.987. The second-order valence-corrected chi connectivity index (χ2v) is 9.85. The van der Waals surface area contributed by atoms with Crippen molar-refractivity contribution >= 4 is 39.1 Å². The summed E-state index contributed by atoms with van der Waals surface area (Å²) < 4.78 is 1.05. The van der Waals surface area contributed by atoms with E-state index in [0.29, 0.717) is 48.0 Å². The maximum Gasteiger partial charge on any atom is 0.224 e. The fourth-order valence-corrected chi connectivity index (χ4v) is 5.65. The van der Waals surface area contributed by atoms with E-state index in [1.165, 1.54) is 11.3 Å². The Morgan fingerprint density at radius 3 is 2.78 bits per heavy atom. The number of fused-ring (bicyclic) bond motifs is 1. The molecule has 0 spiro atoms. The van der Waals surface area contributed by atoms with Crippen molar-refractivity contribution in [1.82, 2.24) is 15.0 Å². The predicted molar refractivity (Wildman–Crippen MR) is 128 cm³/mol. The van der Waals surface area contributed by atoms with Crippen molar-refractivity contribution in [2.24, 2.45) is 5.92 Å². The first kappa shape index (κ1) is 23.3. The van der Waals surface area contributed by atoms with Gasteiger partial charge >= 0.3 is 0 Å². The summed E-state index contributed by atoms with van der Waals surface area (Å²) in [6, 6.07) is 7.88. The number of nitrogens with zero attached hydrogens (tertiary/aromatic N) is 3. The Hall–Kier alpha value is -1.84. The van der Waals surface area contributed by atoms with Crippen LogP contribution in [0.15, 0.2) is 24.3 Å². The lowest BCUT2D eigenvalue weighted by atomic mass is 9.90. The predicted octanol–water partition coefficient (Wildman–Crippen LogP) is 4.05. The Balaban J connectivity index is 1.67. The smallest absolute Gasteiger partial charge is 0.224 e. The van der Waals surface area contributed by atoms with Crippen molar-refractivity contribution in [1.29, 1.82) is 0 Å². The molecule has 0 radical (unpaired) electrons. The van der Waals surface area contributed by atoms with Gasteiger partial charge in [-0.1, -0.05) is 37.1 Å². The molecule has 0 unspecified atom stereocenters. The molecule has 9 heteroatoms. The summed E-state index contributed by atoms with van der Waals surface area (Å²) in [6.07, 6.45) is 2.83. The van der Waals surface area contributed by atoms with Crippen LogP contribution in [0.25, 0.3) is 20.8 Å². The lowest BCUT2D eigenvalue weighted by Crippen LogP contribution is -2.41. The number of rotatable bonds is 9. The van der Waals surface area contributed by atoms with Crippen LogP contribution >= 0.6 is 22.9 Å². The molecule has 4 rings (SSSR count). The topological polar surface area (TPSA) is 111 Å². The van der Waals surface area contributed by atoms with Gasteiger partial charge in [-0.15, -0.1) is 11.3 Å². The second-order valence-electron chi connectivity index (χ2n) is 8.46. The van der Waals surface area contributed by atoms with E-state index in [1.807, 2.05) is 24.3 Å². The molecule has 2 heterocycles. The van der Waals surface area contributed by atoms with Crippen molar-refractivity contribution < 1.29 is 15.3 Å². The van der Waals surface area contributed by atoms with Gasteiger partial charge in [0.05, 0.1) is 33.2 Å². The molecule has 1 fully saturated rings. The van der Waals surface area contributed by atoms with Crippen LogP contribution in [0.1, 0.15) is 44.7 Å². The monoisotopic (exact) mass is 476 g/mol. The number of para-hydroxylation sites is 1. The third-order valence-electron chi connectivity index (χ3n) is 6.24. The van der Waals surface area contributed by atoms with E-state index in [0.717, 1.165) is 34.6 Å². The number of aliphatic hydroxyl groups is 3. The number of aliphatic hydroxyl groups excluding tert-OH is 2. The third-order valence-corrected chi connectivity index (χ3v) is 7.56. The number of benzene rings is 1. The Morgan fingerprint density at radius 2 is 2.06 bits per heavy atom. The van der Waals surface area contributed by atoms with E-state index in [1.54, 1.807) is 0 Å². The van der Waals surface area contributed by atoms with Gasteiger partial charge in [0, 0.05) is 19.1 Å². The highest BCUT2D eigenvalue weighted by Gasteiger charge is 2.45. The Kier molecular flexibility index (Phi) is 7.27. The number of aryl methyl sites for hydroxylation is 1. The SMILES string of the molecule is CCCCNc1nc(Cl)c(-c2nc3ccccc3s2)c(CC[C@@]2(O)CC[C@H](CO)[C@H]2O)n1. The summed E-state index contributed by atoms with van der Waals surface area (Å²) in [4.78, 5) is 13.9. The van der Waals surface area contributed by atoms with Crippen molar-refractivity contribution in [2.75, 3.05) is 18.5 Å². The van der Waals surface area contributed by atoms with Crippen molar-refractivity contribution in [3.8, 4) is 10.6 Å². The van der Waals surface area contributed by atoms with E-state index in [4.69, 9.17) is 21.6 Å². The van der Waals surface area contributed by atoms with Crippen LogP contribution in [0.3, 0.4) is 0 Å². The summed E-state index contributed by atoms with van der Waals surface area (Å²) in [7, 11) is 0. The minimum Gasteiger partial charge on any atom is -0.396 e. The number of unbranched alkanes of at least 4 members (excludes halogenated alkanes) is 1. The lowest BCUT2D eigenvalue weighted by Gasteiger charge is -2.28. The molecule has 172 valence electrons. The number of anilines is 1. The Bertz CT molecular complexity index is 1050. The highest BCUT2D eigenvalue weighted by Crippen LogP contribution is 2.40. The van der Waals surface area contributed by atoms with Crippen molar-refractivity contribution in [3.63, 3.8) is 0 Å². The van der Waals surface area contributed by atoms with E-state index < -0.39 is 11.7 Å². The van der Waals surface area contributed by atoms with Gasteiger partial charge in [0.1, 0.15) is 10.2 Å². The van der Waals surface area contributed by atoms with Gasteiger partial charge in [-0.3, -0.25) is 0 Å². The van der Waals surface area contributed by atoms with Gasteiger partial charge in [-0.2, -0.15) is 0 Å². The molecule has 0 saturated heterocycles. The molecule has 7 nitrogen and oxygen atoms in total. The zero-order valence-electron chi connectivity index (χ0n) is 18.1. The van der Waals surface area contributed by atoms with E-state index in [-0.39, 0.29) is 12.5 Å². The molecule has 3 atom stereocenters. The number of hydrogen-bond acceptors (Lipinski definition) is 8. The van der Waals surface area contributed by atoms with Gasteiger partial charge < -0.3 is 20.6 Å². The average molecular weight is 477 g/mol. The molecule has 0 bridgehead atoms. The standard InChI is InChI=1S/C23H29ClN4O3S/c1-2-3-12-25-22-27-16(9-11-23(31)10-8-14(13-29)19(23)30)18(20(24)28-22)21-26-15-6-4-5-7-17(15)32-21/h4-7,14,19,29-31H,2-3,8-13H2,1H3,(H,25,27,28)/t14-,19-,23+/m1/s1. The van der Waals surface area contributed by atoms with Crippen LogP contribution < -0.4 is 5.32 Å². The van der Waals surface area contributed by atoms with Crippen LogP contribution in [0.4, 0.5) is 5.95 Å². The Labute approximate surface area is 196 Å². The molecule has 1 saturated carbocycles. The zero-order valence-corrected chi connectivity index (χ0v) is 19.7. The molecule has 1 aliphatic rings. The van der Waals surface area contributed by atoms with Gasteiger partial charge in [0.2, 0.25) is 5.95 Å². The number of nitrogens with one attached hydrogen (secondary N) is 1. The number of hydrogen-bond donors (Lipinski definition) is 4. The summed E-state index contributed by atoms with van der Waals surface area (Å²) >= 11 is 8.17. The van der Waals surface area contributed by atoms with Gasteiger partial charge in [-0.25, -0.2) is 15.0 Å². The first-order valence-corrected chi connectivity index (χ1v) is 12.3. The van der Waals surface area contributed by atoms with Crippen molar-refractivity contribution in [2.45, 2.75) is 57.2 Å². The minimum absolute atomic E-state index is 0.134. The zero-order chi connectivity index (χ0) is 22.7. The van der Waals surface area contributed by atoms with Crippen LogP contribution in [0.5, 0.6) is 0 Å². The summed E-state index contributed by atoms with van der Waals surface area (Å²) in [5.74, 6) is 0.152. The molecular weight excluding hydrogens is 448 g/mol. The Morgan fingerprint density at radius 1 is 1.25 bits per heavy atom. The largest absolute Gasteiger partial charge is 0.396 e. The van der Waals surface area contributed by atoms with Crippen LogP contribution in [0.2, 0.25) is 5.15 Å². The summed E-state index contributed by atoms with van der Waals surface area (Å²) in [6.45, 7) is 2.73. The third kappa shape index (κ3) is 4.75. The van der Waals surface area contributed by atoms with Gasteiger partial charge in [-0.05, 0) is 44.2 Å². The number of thiazole rings is 1. The second kappa shape index (κ2) is 9.97. The minimum atomic E-state index is -1.26. The van der Waals surface area contributed by atoms with Gasteiger partial charge in [0.25, 0.3) is 0 Å². The molecule has 2 aromatic heterocycles. The van der Waals surface area contributed by atoms with E-state index >= 15 is 0 Å². The molecule has 0 aliphatic heterocycles. The average Bonchev–Trinajstić information content (AvgIpc) is 3.33. The molecule has 32 heavy (non-hydrogen) atoms. The number of aromatic nitrogens is 3. The maximum absolute atomic E-state index is 11.0. The first-order valence-electron chi connectivity index (χ1n) is 11.1. The van der Waals surface area contributed by atoms with Gasteiger partial charge in [0.15, 0.2) is 0 Å². The molecule has 0 amide bonds. The molecular formula is C23H29ClN4O3S. The lowest BCUT2D eigenvalue weighted by molar-refractivity contribution is -0.0779. The van der Waals surface area contributed by atoms with Crippen LogP contribution in [-0.4, -0.2) is 55.1 Å². The number of halogens is 1. The first-order chi connectivity index (χ1) is 15.4. The molecule has 1 aromatic carbocycles. The highest BCUT2D eigenvalue weighted by molar-refractivity contribution is 7.21. The fourth-order valence-electron chi connectivity index (χ4n) is 4.28. The van der Waals surface area contributed by atoms with E-state index in [9.17, 15) is 15.3 Å². The van der Waals surface area contributed by atoms with Crippen LogP contribution in [0, 0.1) is 5.92 Å². The van der Waals surface area contributed by atoms with Crippen molar-refractivity contribution in [3.05, 3.63) is 35.1 Å². The summed E-state index contributed by atoms with van der Waals surface area (Å²) in [5, 5.41) is 35.3. The molecule has 4 N–H and O–H groups in total. The van der Waals surface area contributed by atoms with Crippen LogP contribution in [-0.2, 0) is 6.42 Å². The quantitative estimate of drug-likeness (QED) is 0.272. The molecule has 1 aliphatic carbocycles. The maximum atomic E-state index is 11.0. The van der Waals surface area contributed by atoms with E-state index in [2.05, 4.69) is 17.2 Å².